The van der Waals surface area contributed by atoms with Crippen LogP contribution in [-0.2, 0) is 6.54 Å². The van der Waals surface area contributed by atoms with Gasteiger partial charge in [0.05, 0.1) is 12.2 Å². The lowest BCUT2D eigenvalue weighted by molar-refractivity contribution is 0.413. The van der Waals surface area contributed by atoms with E-state index in [0.29, 0.717) is 6.04 Å². The summed E-state index contributed by atoms with van der Waals surface area (Å²) in [5.74, 6) is 1.74. The maximum absolute atomic E-state index is 5.55. The van der Waals surface area contributed by atoms with Crippen molar-refractivity contribution in [2.45, 2.75) is 78.8 Å². The number of unbranched alkanes of at least 4 members (excludes halogenated alkanes) is 4. The Bertz CT molecular complexity index is 314. The van der Waals surface area contributed by atoms with Crippen molar-refractivity contribution in [1.29, 1.82) is 0 Å². The number of oxazole rings is 1. The minimum Gasteiger partial charge on any atom is -0.444 e. The summed E-state index contributed by atoms with van der Waals surface area (Å²) in [5, 5.41) is 3.47. The second-order valence-electron chi connectivity index (χ2n) is 5.23. The van der Waals surface area contributed by atoms with E-state index in [-0.39, 0.29) is 0 Å². The highest BCUT2D eigenvalue weighted by molar-refractivity contribution is 5.05. The zero-order valence-electron chi connectivity index (χ0n) is 12.4. The summed E-state index contributed by atoms with van der Waals surface area (Å²) in [6.07, 6.45) is 7.98. The zero-order chi connectivity index (χ0) is 13.4. The molecule has 18 heavy (non-hydrogen) atoms. The lowest BCUT2D eigenvalue weighted by atomic mass is 10.1. The average molecular weight is 252 g/mol. The Morgan fingerprint density at radius 3 is 2.50 bits per heavy atom. The van der Waals surface area contributed by atoms with Crippen molar-refractivity contribution in [2.24, 2.45) is 0 Å². The Kier molecular flexibility index (Phi) is 7.02. The smallest absolute Gasteiger partial charge is 0.208 e. The van der Waals surface area contributed by atoms with E-state index in [1.54, 1.807) is 0 Å². The van der Waals surface area contributed by atoms with Crippen LogP contribution < -0.4 is 5.32 Å². The molecular formula is C15H28N2O. The first-order valence-corrected chi connectivity index (χ1v) is 7.29. The normalized spacial score (nSPS) is 12.9. The maximum atomic E-state index is 5.55. The molecule has 1 N–H and O–H groups in total. The quantitative estimate of drug-likeness (QED) is 0.671. The maximum Gasteiger partial charge on any atom is 0.208 e. The number of aromatic nitrogens is 1. The van der Waals surface area contributed by atoms with E-state index in [2.05, 4.69) is 24.1 Å². The van der Waals surface area contributed by atoms with Crippen LogP contribution in [0, 0.1) is 13.8 Å². The number of hydrogen-bond donors (Lipinski definition) is 1. The van der Waals surface area contributed by atoms with Crippen LogP contribution in [0.4, 0.5) is 0 Å². The number of rotatable bonds is 9. The van der Waals surface area contributed by atoms with E-state index in [0.717, 1.165) is 23.9 Å². The van der Waals surface area contributed by atoms with Crippen molar-refractivity contribution in [2.75, 3.05) is 0 Å². The highest BCUT2D eigenvalue weighted by Crippen LogP contribution is 2.10. The summed E-state index contributed by atoms with van der Waals surface area (Å²) >= 11 is 0. The van der Waals surface area contributed by atoms with E-state index < -0.39 is 0 Å². The van der Waals surface area contributed by atoms with Gasteiger partial charge in [-0.25, -0.2) is 4.98 Å². The third kappa shape index (κ3) is 5.67. The molecule has 1 atom stereocenters. The summed E-state index contributed by atoms with van der Waals surface area (Å²) in [5.41, 5.74) is 0.999. The second kappa shape index (κ2) is 8.30. The summed E-state index contributed by atoms with van der Waals surface area (Å²) < 4.78 is 5.55. The molecule has 1 aromatic rings. The van der Waals surface area contributed by atoms with E-state index >= 15 is 0 Å². The van der Waals surface area contributed by atoms with Gasteiger partial charge in [0.2, 0.25) is 5.89 Å². The van der Waals surface area contributed by atoms with Crippen LogP contribution in [0.5, 0.6) is 0 Å². The Morgan fingerprint density at radius 2 is 1.89 bits per heavy atom. The van der Waals surface area contributed by atoms with Gasteiger partial charge in [-0.2, -0.15) is 0 Å². The van der Waals surface area contributed by atoms with Gasteiger partial charge in [0.25, 0.3) is 0 Å². The molecule has 1 heterocycles. The third-order valence-electron chi connectivity index (χ3n) is 3.42. The van der Waals surface area contributed by atoms with Crippen molar-refractivity contribution in [3.05, 3.63) is 17.3 Å². The lowest BCUT2D eigenvalue weighted by Gasteiger charge is -2.11. The molecule has 0 bridgehead atoms. The number of aryl methyl sites for hydroxylation is 2. The molecule has 0 fully saturated rings. The number of nitrogens with zero attached hydrogens (tertiary/aromatic N) is 1. The summed E-state index contributed by atoms with van der Waals surface area (Å²) in [6, 6.07) is 0.541. The fourth-order valence-electron chi connectivity index (χ4n) is 2.03. The van der Waals surface area contributed by atoms with E-state index in [9.17, 15) is 0 Å². The van der Waals surface area contributed by atoms with Gasteiger partial charge in [-0.1, -0.05) is 39.0 Å². The van der Waals surface area contributed by atoms with Crippen LogP contribution in [0.2, 0.25) is 0 Å². The van der Waals surface area contributed by atoms with Gasteiger partial charge in [-0.3, -0.25) is 0 Å². The third-order valence-corrected chi connectivity index (χ3v) is 3.42. The molecule has 0 saturated carbocycles. The Labute approximate surface area is 111 Å². The van der Waals surface area contributed by atoms with E-state index in [1.807, 2.05) is 13.8 Å². The molecule has 0 aliphatic heterocycles. The van der Waals surface area contributed by atoms with Gasteiger partial charge in [0, 0.05) is 6.04 Å². The number of hydrogen-bond acceptors (Lipinski definition) is 3. The highest BCUT2D eigenvalue weighted by Gasteiger charge is 2.07. The van der Waals surface area contributed by atoms with Gasteiger partial charge in [-0.05, 0) is 27.2 Å². The molecule has 1 aromatic heterocycles. The van der Waals surface area contributed by atoms with Gasteiger partial charge >= 0.3 is 0 Å². The first kappa shape index (κ1) is 15.2. The largest absolute Gasteiger partial charge is 0.444 e. The highest BCUT2D eigenvalue weighted by atomic mass is 16.4. The monoisotopic (exact) mass is 252 g/mol. The molecule has 0 saturated heterocycles. The van der Waals surface area contributed by atoms with Crippen LogP contribution in [-0.4, -0.2) is 11.0 Å². The van der Waals surface area contributed by atoms with Crippen LogP contribution in [0.15, 0.2) is 4.42 Å². The molecule has 3 heteroatoms. The molecule has 0 aromatic carbocycles. The molecule has 1 unspecified atom stereocenters. The summed E-state index contributed by atoms with van der Waals surface area (Å²) in [7, 11) is 0. The van der Waals surface area contributed by atoms with Gasteiger partial charge in [0.15, 0.2) is 0 Å². The van der Waals surface area contributed by atoms with E-state index in [1.165, 1.54) is 38.5 Å². The fraction of sp³-hybridized carbons (Fsp3) is 0.800. The first-order valence-electron chi connectivity index (χ1n) is 7.29. The van der Waals surface area contributed by atoms with Crippen molar-refractivity contribution < 1.29 is 4.42 Å². The van der Waals surface area contributed by atoms with Gasteiger partial charge < -0.3 is 9.73 Å². The standard InChI is InChI=1S/C15H28N2O/c1-5-6-7-8-9-10-12(2)16-11-15-17-13(3)14(4)18-15/h12,16H,5-11H2,1-4H3. The number of nitrogens with one attached hydrogen (secondary N) is 1. The van der Waals surface area contributed by atoms with Gasteiger partial charge in [-0.15, -0.1) is 0 Å². The van der Waals surface area contributed by atoms with Crippen molar-refractivity contribution in [3.63, 3.8) is 0 Å². The van der Waals surface area contributed by atoms with Crippen molar-refractivity contribution in [1.82, 2.24) is 10.3 Å². The molecular weight excluding hydrogens is 224 g/mol. The van der Waals surface area contributed by atoms with Crippen molar-refractivity contribution in [3.8, 4) is 0 Å². The van der Waals surface area contributed by atoms with Crippen LogP contribution in [0.1, 0.15) is 69.7 Å². The van der Waals surface area contributed by atoms with Crippen LogP contribution in [0.25, 0.3) is 0 Å². The summed E-state index contributed by atoms with van der Waals surface area (Å²) in [4.78, 5) is 4.37. The minimum atomic E-state index is 0.541. The zero-order valence-corrected chi connectivity index (χ0v) is 12.4. The Balaban J connectivity index is 2.11. The second-order valence-corrected chi connectivity index (χ2v) is 5.23. The fourth-order valence-corrected chi connectivity index (χ4v) is 2.03. The van der Waals surface area contributed by atoms with Crippen LogP contribution >= 0.6 is 0 Å². The average Bonchev–Trinajstić information content (AvgIpc) is 2.66. The molecule has 0 aliphatic rings. The molecule has 0 aliphatic carbocycles. The lowest BCUT2D eigenvalue weighted by Crippen LogP contribution is -2.25. The van der Waals surface area contributed by atoms with Crippen molar-refractivity contribution >= 4 is 0 Å². The SMILES string of the molecule is CCCCCCCC(C)NCc1nc(C)c(C)o1. The molecule has 1 rings (SSSR count). The van der Waals surface area contributed by atoms with Crippen LogP contribution in [0.3, 0.4) is 0 Å². The molecule has 104 valence electrons. The first-order chi connectivity index (χ1) is 8.63. The Morgan fingerprint density at radius 1 is 1.17 bits per heavy atom. The predicted molar refractivity (Wildman–Crippen MR) is 75.7 cm³/mol. The molecule has 0 amide bonds. The predicted octanol–water partition coefficient (Wildman–Crippen LogP) is 4.13. The van der Waals surface area contributed by atoms with E-state index in [4.69, 9.17) is 4.42 Å². The minimum absolute atomic E-state index is 0.541. The summed E-state index contributed by atoms with van der Waals surface area (Å²) in [6.45, 7) is 9.18. The van der Waals surface area contributed by atoms with Gasteiger partial charge in [0.1, 0.15) is 5.76 Å². The molecule has 0 radical (unpaired) electrons. The molecule has 0 spiro atoms. The molecule has 3 nitrogen and oxygen atoms in total. The topological polar surface area (TPSA) is 38.1 Å². The Hall–Kier alpha value is -0.830.